The van der Waals surface area contributed by atoms with Crippen LogP contribution in [0.5, 0.6) is 0 Å². The van der Waals surface area contributed by atoms with E-state index >= 15 is 0 Å². The van der Waals surface area contributed by atoms with Crippen LogP contribution in [0.1, 0.15) is 40.8 Å². The van der Waals surface area contributed by atoms with Gasteiger partial charge in [-0.05, 0) is 31.5 Å². The molecule has 1 atom stereocenters. The molecular weight excluding hydrogens is 278 g/mol. The van der Waals surface area contributed by atoms with Crippen LogP contribution in [0.4, 0.5) is 0 Å². The summed E-state index contributed by atoms with van der Waals surface area (Å²) in [6, 6.07) is 5.67. The van der Waals surface area contributed by atoms with Gasteiger partial charge in [0.2, 0.25) is 0 Å². The van der Waals surface area contributed by atoms with Gasteiger partial charge in [0.25, 0.3) is 5.91 Å². The van der Waals surface area contributed by atoms with Crippen LogP contribution in [0.15, 0.2) is 30.6 Å². The van der Waals surface area contributed by atoms with Crippen molar-refractivity contribution in [2.24, 2.45) is 7.05 Å². The molecule has 1 amide bonds. The van der Waals surface area contributed by atoms with Crippen molar-refractivity contribution < 1.29 is 4.79 Å². The van der Waals surface area contributed by atoms with Gasteiger partial charge in [-0.15, -0.1) is 0 Å². The molecular formula is C16H21N5O. The number of carbonyl (C=O) groups excluding carboxylic acids is 1. The van der Waals surface area contributed by atoms with Crippen LogP contribution in [-0.4, -0.2) is 33.5 Å². The van der Waals surface area contributed by atoms with Crippen LogP contribution in [0, 0.1) is 0 Å². The summed E-state index contributed by atoms with van der Waals surface area (Å²) in [6.45, 7) is 2.41. The van der Waals surface area contributed by atoms with Crippen LogP contribution in [0.2, 0.25) is 0 Å². The second-order valence-corrected chi connectivity index (χ2v) is 5.63. The third-order valence-corrected chi connectivity index (χ3v) is 4.05. The minimum absolute atomic E-state index is 0.159. The number of piperidine rings is 1. The molecule has 0 spiro atoms. The normalized spacial score (nSPS) is 18.1. The van der Waals surface area contributed by atoms with E-state index in [0.29, 0.717) is 18.2 Å². The molecule has 1 saturated heterocycles. The molecule has 0 bridgehead atoms. The number of nitrogens with zero attached hydrogens (tertiary/aromatic N) is 3. The fourth-order valence-electron chi connectivity index (χ4n) is 2.73. The van der Waals surface area contributed by atoms with Gasteiger partial charge in [-0.1, -0.05) is 6.07 Å². The molecule has 6 nitrogen and oxygen atoms in total. The van der Waals surface area contributed by atoms with E-state index in [0.717, 1.165) is 37.4 Å². The number of hydrogen-bond acceptors (Lipinski definition) is 4. The average molecular weight is 299 g/mol. The highest BCUT2D eigenvalue weighted by Crippen LogP contribution is 2.21. The first-order valence-electron chi connectivity index (χ1n) is 7.66. The van der Waals surface area contributed by atoms with Crippen molar-refractivity contribution >= 4 is 5.91 Å². The van der Waals surface area contributed by atoms with Crippen LogP contribution >= 0.6 is 0 Å². The Morgan fingerprint density at radius 2 is 2.41 bits per heavy atom. The number of aromatic nitrogens is 3. The van der Waals surface area contributed by atoms with E-state index in [1.807, 2.05) is 29.9 Å². The molecule has 2 N–H and O–H groups in total. The standard InChI is InChI=1S/C16H21N5O/c1-21-9-8-18-15(21)11-19-16(22)14-6-2-5-13(20-14)12-4-3-7-17-10-12/h2,5-6,8-9,12,17H,3-4,7,10-11H2,1H3,(H,19,22). The zero-order valence-corrected chi connectivity index (χ0v) is 12.7. The van der Waals surface area contributed by atoms with E-state index in [9.17, 15) is 4.79 Å². The first kappa shape index (κ1) is 14.7. The molecule has 22 heavy (non-hydrogen) atoms. The molecule has 6 heteroatoms. The van der Waals surface area contributed by atoms with Crippen molar-refractivity contribution in [1.82, 2.24) is 25.2 Å². The van der Waals surface area contributed by atoms with Crippen molar-refractivity contribution in [3.05, 3.63) is 47.8 Å². The minimum atomic E-state index is -0.159. The summed E-state index contributed by atoms with van der Waals surface area (Å²) in [5.74, 6) is 1.06. The Balaban J connectivity index is 1.66. The Kier molecular flexibility index (Phi) is 4.48. The third kappa shape index (κ3) is 3.33. The van der Waals surface area contributed by atoms with Crippen molar-refractivity contribution in [2.45, 2.75) is 25.3 Å². The van der Waals surface area contributed by atoms with Crippen molar-refractivity contribution in [3.63, 3.8) is 0 Å². The molecule has 0 radical (unpaired) electrons. The summed E-state index contributed by atoms with van der Waals surface area (Å²) < 4.78 is 1.89. The quantitative estimate of drug-likeness (QED) is 0.890. The zero-order chi connectivity index (χ0) is 15.4. The maximum absolute atomic E-state index is 12.3. The van der Waals surface area contributed by atoms with Crippen molar-refractivity contribution in [3.8, 4) is 0 Å². The van der Waals surface area contributed by atoms with Crippen molar-refractivity contribution in [2.75, 3.05) is 13.1 Å². The highest BCUT2D eigenvalue weighted by Gasteiger charge is 2.18. The largest absolute Gasteiger partial charge is 0.343 e. The lowest BCUT2D eigenvalue weighted by Gasteiger charge is -2.22. The minimum Gasteiger partial charge on any atom is -0.343 e. The Morgan fingerprint density at radius 1 is 1.50 bits per heavy atom. The molecule has 0 aromatic carbocycles. The van der Waals surface area contributed by atoms with E-state index in [1.54, 1.807) is 12.3 Å². The Hall–Kier alpha value is -2.21. The third-order valence-electron chi connectivity index (χ3n) is 4.05. The first-order chi connectivity index (χ1) is 10.7. The fourth-order valence-corrected chi connectivity index (χ4v) is 2.73. The summed E-state index contributed by atoms with van der Waals surface area (Å²) >= 11 is 0. The van der Waals surface area contributed by atoms with Gasteiger partial charge >= 0.3 is 0 Å². The lowest BCUT2D eigenvalue weighted by molar-refractivity contribution is 0.0944. The number of aryl methyl sites for hydroxylation is 1. The fraction of sp³-hybridized carbons (Fsp3) is 0.438. The Labute approximate surface area is 130 Å². The maximum atomic E-state index is 12.3. The van der Waals surface area contributed by atoms with Gasteiger partial charge in [-0.3, -0.25) is 4.79 Å². The lowest BCUT2D eigenvalue weighted by atomic mass is 9.95. The maximum Gasteiger partial charge on any atom is 0.270 e. The molecule has 116 valence electrons. The SMILES string of the molecule is Cn1ccnc1CNC(=O)c1cccc(C2CCCNC2)n1. The van der Waals surface area contributed by atoms with E-state index in [-0.39, 0.29) is 5.91 Å². The first-order valence-corrected chi connectivity index (χ1v) is 7.66. The highest BCUT2D eigenvalue weighted by atomic mass is 16.1. The Bertz CT molecular complexity index is 645. The van der Waals surface area contributed by atoms with Crippen LogP contribution in [0.3, 0.4) is 0 Å². The van der Waals surface area contributed by atoms with Gasteiger partial charge in [-0.2, -0.15) is 0 Å². The monoisotopic (exact) mass is 299 g/mol. The van der Waals surface area contributed by atoms with Gasteiger partial charge in [-0.25, -0.2) is 9.97 Å². The highest BCUT2D eigenvalue weighted by molar-refractivity contribution is 5.92. The number of amides is 1. The molecule has 3 rings (SSSR count). The van der Waals surface area contributed by atoms with E-state index in [4.69, 9.17) is 0 Å². The van der Waals surface area contributed by atoms with Gasteiger partial charge in [0, 0.05) is 37.6 Å². The molecule has 1 unspecified atom stereocenters. The topological polar surface area (TPSA) is 71.8 Å². The van der Waals surface area contributed by atoms with Crippen LogP contribution in [-0.2, 0) is 13.6 Å². The van der Waals surface area contributed by atoms with E-state index in [1.165, 1.54) is 0 Å². The number of carbonyl (C=O) groups is 1. The molecule has 0 saturated carbocycles. The van der Waals surface area contributed by atoms with E-state index in [2.05, 4.69) is 20.6 Å². The summed E-state index contributed by atoms with van der Waals surface area (Å²) in [7, 11) is 1.91. The summed E-state index contributed by atoms with van der Waals surface area (Å²) in [4.78, 5) is 21.0. The lowest BCUT2D eigenvalue weighted by Crippen LogP contribution is -2.30. The average Bonchev–Trinajstić information content (AvgIpc) is 2.99. The summed E-state index contributed by atoms with van der Waals surface area (Å²) in [5, 5.41) is 6.25. The smallest absolute Gasteiger partial charge is 0.270 e. The van der Waals surface area contributed by atoms with Gasteiger partial charge in [0.05, 0.1) is 6.54 Å². The van der Waals surface area contributed by atoms with Gasteiger partial charge in [0.15, 0.2) is 0 Å². The van der Waals surface area contributed by atoms with Crippen LogP contribution < -0.4 is 10.6 Å². The number of imidazole rings is 1. The van der Waals surface area contributed by atoms with Gasteiger partial charge < -0.3 is 15.2 Å². The number of pyridine rings is 1. The van der Waals surface area contributed by atoms with Gasteiger partial charge in [0.1, 0.15) is 11.5 Å². The second-order valence-electron chi connectivity index (χ2n) is 5.63. The molecule has 1 fully saturated rings. The Morgan fingerprint density at radius 3 is 3.14 bits per heavy atom. The predicted molar refractivity (Wildman–Crippen MR) is 83.5 cm³/mol. The van der Waals surface area contributed by atoms with E-state index < -0.39 is 0 Å². The number of nitrogens with one attached hydrogen (secondary N) is 2. The molecule has 2 aromatic heterocycles. The predicted octanol–water partition coefficient (Wildman–Crippen LogP) is 1.21. The molecule has 2 aromatic rings. The molecule has 0 aliphatic carbocycles. The molecule has 1 aliphatic rings. The molecule has 3 heterocycles. The zero-order valence-electron chi connectivity index (χ0n) is 12.7. The number of rotatable bonds is 4. The molecule has 1 aliphatic heterocycles. The number of hydrogen-bond donors (Lipinski definition) is 2. The second kappa shape index (κ2) is 6.70. The summed E-state index contributed by atoms with van der Waals surface area (Å²) in [6.07, 6.45) is 5.85. The summed E-state index contributed by atoms with van der Waals surface area (Å²) in [5.41, 5.74) is 1.47. The van der Waals surface area contributed by atoms with Crippen molar-refractivity contribution in [1.29, 1.82) is 0 Å². The van der Waals surface area contributed by atoms with Crippen LogP contribution in [0.25, 0.3) is 0 Å².